The lowest BCUT2D eigenvalue weighted by atomic mass is 10.3. The van der Waals surface area contributed by atoms with Gasteiger partial charge < -0.3 is 10.6 Å². The van der Waals surface area contributed by atoms with E-state index in [1.54, 1.807) is 23.1 Å². The minimum absolute atomic E-state index is 0.0774. The molecule has 0 heterocycles. The first-order valence-corrected chi connectivity index (χ1v) is 7.83. The summed E-state index contributed by atoms with van der Waals surface area (Å²) in [6.45, 7) is 6.57. The summed E-state index contributed by atoms with van der Waals surface area (Å²) in [6.07, 6.45) is 0. The molecule has 0 aliphatic heterocycles. The Bertz CT molecular complexity index is 515. The topological polar surface area (TPSA) is 61.4 Å². The van der Waals surface area contributed by atoms with Gasteiger partial charge in [-0.1, -0.05) is 30.1 Å². The van der Waals surface area contributed by atoms with Gasteiger partial charge >= 0.3 is 0 Å². The van der Waals surface area contributed by atoms with Gasteiger partial charge in [-0.3, -0.25) is 14.5 Å². The minimum Gasteiger partial charge on any atom is -0.353 e. The molecule has 0 atom stereocenters. The molecule has 2 amide bonds. The lowest BCUT2D eigenvalue weighted by Crippen LogP contribution is -2.42. The van der Waals surface area contributed by atoms with E-state index in [0.717, 1.165) is 0 Å². The second-order valence-corrected chi connectivity index (χ2v) is 6.10. The summed E-state index contributed by atoms with van der Waals surface area (Å²) < 4.78 is 0. The van der Waals surface area contributed by atoms with Crippen molar-refractivity contribution in [1.29, 1.82) is 0 Å². The number of amides is 2. The van der Waals surface area contributed by atoms with Crippen LogP contribution in [-0.4, -0.2) is 42.4 Å². The number of hydrogen-bond acceptors (Lipinski definition) is 3. The van der Waals surface area contributed by atoms with Crippen LogP contribution in [0.4, 0.5) is 5.69 Å². The number of likely N-dealkylation sites (N-methyl/N-ethyl adjacent to an activating group) is 1. The standard InChI is InChI=1S/C15H21Cl2N3O2/c1-4-20(8-14(21)18-10(2)3)9-15(22)19-13-6-11(16)5-12(17)7-13/h5-7,10H,4,8-9H2,1-3H3,(H,18,21)(H,19,22). The highest BCUT2D eigenvalue weighted by Crippen LogP contribution is 2.22. The molecular formula is C15H21Cl2N3O2. The summed E-state index contributed by atoms with van der Waals surface area (Å²) in [4.78, 5) is 25.5. The van der Waals surface area contributed by atoms with E-state index in [-0.39, 0.29) is 30.9 Å². The zero-order valence-electron chi connectivity index (χ0n) is 13.0. The van der Waals surface area contributed by atoms with Crippen molar-refractivity contribution < 1.29 is 9.59 Å². The van der Waals surface area contributed by atoms with Crippen molar-refractivity contribution in [2.75, 3.05) is 25.0 Å². The molecule has 122 valence electrons. The van der Waals surface area contributed by atoms with Gasteiger partial charge in [-0.2, -0.15) is 0 Å². The second kappa shape index (κ2) is 8.98. The number of hydrogen-bond donors (Lipinski definition) is 2. The maximum Gasteiger partial charge on any atom is 0.238 e. The van der Waals surface area contributed by atoms with E-state index in [1.165, 1.54) is 0 Å². The second-order valence-electron chi connectivity index (χ2n) is 5.23. The Kier molecular flexibility index (Phi) is 7.65. The van der Waals surface area contributed by atoms with Crippen molar-refractivity contribution in [1.82, 2.24) is 10.2 Å². The van der Waals surface area contributed by atoms with Gasteiger partial charge in [0, 0.05) is 21.8 Å². The van der Waals surface area contributed by atoms with Gasteiger partial charge in [-0.05, 0) is 38.6 Å². The normalized spacial score (nSPS) is 10.9. The van der Waals surface area contributed by atoms with E-state index in [1.807, 2.05) is 20.8 Å². The quantitative estimate of drug-likeness (QED) is 0.798. The molecule has 0 bridgehead atoms. The van der Waals surface area contributed by atoms with E-state index in [4.69, 9.17) is 23.2 Å². The molecule has 0 aliphatic carbocycles. The molecule has 0 saturated heterocycles. The predicted octanol–water partition coefficient (Wildman–Crippen LogP) is 2.78. The number of carbonyl (C=O) groups is 2. The molecular weight excluding hydrogens is 325 g/mol. The van der Waals surface area contributed by atoms with Crippen molar-refractivity contribution >= 4 is 40.7 Å². The van der Waals surface area contributed by atoms with E-state index < -0.39 is 0 Å². The third-order valence-electron chi connectivity index (χ3n) is 2.78. The van der Waals surface area contributed by atoms with Crippen molar-refractivity contribution in [2.24, 2.45) is 0 Å². The van der Waals surface area contributed by atoms with Gasteiger partial charge in [0.1, 0.15) is 0 Å². The van der Waals surface area contributed by atoms with Crippen LogP contribution in [0.3, 0.4) is 0 Å². The van der Waals surface area contributed by atoms with Crippen molar-refractivity contribution in [2.45, 2.75) is 26.8 Å². The summed E-state index contributed by atoms with van der Waals surface area (Å²) >= 11 is 11.8. The average molecular weight is 346 g/mol. The number of carbonyl (C=O) groups excluding carboxylic acids is 2. The van der Waals surface area contributed by atoms with Crippen LogP contribution in [0.5, 0.6) is 0 Å². The number of nitrogens with zero attached hydrogens (tertiary/aromatic N) is 1. The fourth-order valence-electron chi connectivity index (χ4n) is 1.88. The molecule has 0 fully saturated rings. The molecule has 1 rings (SSSR count). The van der Waals surface area contributed by atoms with Gasteiger partial charge in [-0.25, -0.2) is 0 Å². The maximum absolute atomic E-state index is 12.0. The zero-order valence-corrected chi connectivity index (χ0v) is 14.5. The molecule has 5 nitrogen and oxygen atoms in total. The van der Waals surface area contributed by atoms with Gasteiger partial charge in [-0.15, -0.1) is 0 Å². The predicted molar refractivity (Wildman–Crippen MR) is 90.5 cm³/mol. The molecule has 1 aromatic carbocycles. The maximum atomic E-state index is 12.0. The fraction of sp³-hybridized carbons (Fsp3) is 0.467. The fourth-order valence-corrected chi connectivity index (χ4v) is 2.41. The van der Waals surface area contributed by atoms with Crippen LogP contribution in [0.15, 0.2) is 18.2 Å². The summed E-state index contributed by atoms with van der Waals surface area (Å²) in [7, 11) is 0. The molecule has 0 aliphatic rings. The third-order valence-corrected chi connectivity index (χ3v) is 3.21. The first kappa shape index (κ1) is 18.7. The smallest absolute Gasteiger partial charge is 0.238 e. The Morgan fingerprint density at radius 2 is 1.64 bits per heavy atom. The molecule has 1 aromatic rings. The van der Waals surface area contributed by atoms with Crippen LogP contribution in [0.2, 0.25) is 10.0 Å². The summed E-state index contributed by atoms with van der Waals surface area (Å²) in [5, 5.41) is 6.42. The van der Waals surface area contributed by atoms with Crippen molar-refractivity contribution in [3.05, 3.63) is 28.2 Å². The van der Waals surface area contributed by atoms with E-state index in [9.17, 15) is 9.59 Å². The molecule has 0 radical (unpaired) electrons. The number of benzene rings is 1. The van der Waals surface area contributed by atoms with Crippen LogP contribution in [-0.2, 0) is 9.59 Å². The Morgan fingerprint density at radius 3 is 2.14 bits per heavy atom. The van der Waals surface area contributed by atoms with Crippen LogP contribution in [0.1, 0.15) is 20.8 Å². The Hall–Kier alpha value is -1.30. The van der Waals surface area contributed by atoms with Crippen LogP contribution < -0.4 is 10.6 Å². The third kappa shape index (κ3) is 7.11. The summed E-state index contributed by atoms with van der Waals surface area (Å²) in [5.74, 6) is -0.326. The first-order chi connectivity index (χ1) is 10.3. The molecule has 22 heavy (non-hydrogen) atoms. The molecule has 7 heteroatoms. The van der Waals surface area contributed by atoms with Crippen LogP contribution >= 0.6 is 23.2 Å². The Labute approximate surface area is 141 Å². The average Bonchev–Trinajstić information content (AvgIpc) is 2.35. The molecule has 0 aromatic heterocycles. The van der Waals surface area contributed by atoms with Crippen LogP contribution in [0.25, 0.3) is 0 Å². The van der Waals surface area contributed by atoms with Crippen LogP contribution in [0, 0.1) is 0 Å². The number of halogens is 2. The first-order valence-electron chi connectivity index (χ1n) is 7.07. The van der Waals surface area contributed by atoms with Gasteiger partial charge in [0.05, 0.1) is 13.1 Å². The number of rotatable bonds is 7. The summed E-state index contributed by atoms with van der Waals surface area (Å²) in [5.41, 5.74) is 0.533. The lowest BCUT2D eigenvalue weighted by Gasteiger charge is -2.20. The highest BCUT2D eigenvalue weighted by atomic mass is 35.5. The number of nitrogens with one attached hydrogen (secondary N) is 2. The molecule has 2 N–H and O–H groups in total. The highest BCUT2D eigenvalue weighted by molar-refractivity contribution is 6.35. The molecule has 0 spiro atoms. The highest BCUT2D eigenvalue weighted by Gasteiger charge is 2.14. The minimum atomic E-state index is -0.225. The van der Waals surface area contributed by atoms with E-state index in [0.29, 0.717) is 22.3 Å². The number of anilines is 1. The lowest BCUT2D eigenvalue weighted by molar-refractivity contribution is -0.123. The SMILES string of the molecule is CCN(CC(=O)Nc1cc(Cl)cc(Cl)c1)CC(=O)NC(C)C. The molecule has 0 unspecified atom stereocenters. The Balaban J connectivity index is 2.56. The van der Waals surface area contributed by atoms with E-state index >= 15 is 0 Å². The van der Waals surface area contributed by atoms with Gasteiger partial charge in [0.2, 0.25) is 11.8 Å². The Morgan fingerprint density at radius 1 is 1.09 bits per heavy atom. The van der Waals surface area contributed by atoms with Gasteiger partial charge in [0.15, 0.2) is 0 Å². The van der Waals surface area contributed by atoms with Gasteiger partial charge in [0.25, 0.3) is 0 Å². The molecule has 0 saturated carbocycles. The van der Waals surface area contributed by atoms with E-state index in [2.05, 4.69) is 10.6 Å². The van der Waals surface area contributed by atoms with Crippen molar-refractivity contribution in [3.63, 3.8) is 0 Å². The van der Waals surface area contributed by atoms with Crippen molar-refractivity contribution in [3.8, 4) is 0 Å². The summed E-state index contributed by atoms with van der Waals surface area (Å²) in [6, 6.07) is 4.90. The zero-order chi connectivity index (χ0) is 16.7. The monoisotopic (exact) mass is 345 g/mol. The largest absolute Gasteiger partial charge is 0.353 e.